The lowest BCUT2D eigenvalue weighted by Gasteiger charge is -2.30. The van der Waals surface area contributed by atoms with Crippen molar-refractivity contribution >= 4 is 6.03 Å². The summed E-state index contributed by atoms with van der Waals surface area (Å²) in [5.74, 6) is 0.657. The van der Waals surface area contributed by atoms with Gasteiger partial charge >= 0.3 is 6.03 Å². The van der Waals surface area contributed by atoms with Crippen LogP contribution in [0.1, 0.15) is 46.5 Å². The van der Waals surface area contributed by atoms with Crippen LogP contribution in [-0.2, 0) is 0 Å². The second kappa shape index (κ2) is 6.84. The summed E-state index contributed by atoms with van der Waals surface area (Å²) in [6.07, 6.45) is 4.77. The average molecular weight is 242 g/mol. The molecule has 1 aliphatic carbocycles. The number of nitrogens with one attached hydrogen (secondary N) is 2. The molecule has 1 aliphatic rings. The SMILES string of the molecule is CC(CO)C(C)NC(=O)NC1CCCCC1C. The maximum Gasteiger partial charge on any atom is 0.315 e. The topological polar surface area (TPSA) is 61.4 Å². The largest absolute Gasteiger partial charge is 0.396 e. The highest BCUT2D eigenvalue weighted by molar-refractivity contribution is 5.74. The Labute approximate surface area is 104 Å². The smallest absolute Gasteiger partial charge is 0.315 e. The lowest BCUT2D eigenvalue weighted by atomic mass is 9.86. The Morgan fingerprint density at radius 1 is 1.35 bits per heavy atom. The molecule has 1 rings (SSSR count). The third kappa shape index (κ3) is 4.54. The third-order valence-electron chi connectivity index (χ3n) is 3.93. The molecule has 0 aromatic rings. The maximum atomic E-state index is 11.8. The number of urea groups is 1. The van der Waals surface area contributed by atoms with E-state index in [2.05, 4.69) is 17.6 Å². The van der Waals surface area contributed by atoms with Crippen molar-refractivity contribution in [2.24, 2.45) is 11.8 Å². The van der Waals surface area contributed by atoms with Gasteiger partial charge in [0.2, 0.25) is 0 Å². The zero-order valence-electron chi connectivity index (χ0n) is 11.2. The minimum Gasteiger partial charge on any atom is -0.396 e. The van der Waals surface area contributed by atoms with Gasteiger partial charge in [0.1, 0.15) is 0 Å². The van der Waals surface area contributed by atoms with E-state index >= 15 is 0 Å². The molecule has 4 nitrogen and oxygen atoms in total. The average Bonchev–Trinajstić information content (AvgIpc) is 2.31. The molecule has 4 unspecified atom stereocenters. The van der Waals surface area contributed by atoms with Gasteiger partial charge in [-0.1, -0.05) is 26.7 Å². The van der Waals surface area contributed by atoms with Crippen molar-refractivity contribution in [3.05, 3.63) is 0 Å². The number of aliphatic hydroxyl groups excluding tert-OH is 1. The first-order valence-electron chi connectivity index (χ1n) is 6.72. The standard InChI is InChI=1S/C13H26N2O2/c1-9-6-4-5-7-12(9)15-13(17)14-11(3)10(2)8-16/h9-12,16H,4-8H2,1-3H3,(H2,14,15,17). The molecule has 4 heteroatoms. The van der Waals surface area contributed by atoms with Crippen LogP contribution in [0, 0.1) is 11.8 Å². The zero-order valence-corrected chi connectivity index (χ0v) is 11.2. The summed E-state index contributed by atoms with van der Waals surface area (Å²) in [6.45, 7) is 6.14. The first-order chi connectivity index (χ1) is 8.04. The Bertz CT molecular complexity index is 246. The van der Waals surface area contributed by atoms with E-state index in [1.165, 1.54) is 19.3 Å². The highest BCUT2D eigenvalue weighted by Gasteiger charge is 2.23. The van der Waals surface area contributed by atoms with E-state index < -0.39 is 0 Å². The molecule has 0 spiro atoms. The van der Waals surface area contributed by atoms with Crippen molar-refractivity contribution in [1.82, 2.24) is 10.6 Å². The first-order valence-corrected chi connectivity index (χ1v) is 6.72. The van der Waals surface area contributed by atoms with Crippen LogP contribution < -0.4 is 10.6 Å². The molecule has 0 radical (unpaired) electrons. The van der Waals surface area contributed by atoms with Gasteiger partial charge in [0, 0.05) is 18.7 Å². The van der Waals surface area contributed by atoms with Crippen LogP contribution in [0.5, 0.6) is 0 Å². The van der Waals surface area contributed by atoms with Gasteiger partial charge in [-0.25, -0.2) is 4.79 Å². The number of hydrogen-bond acceptors (Lipinski definition) is 2. The summed E-state index contributed by atoms with van der Waals surface area (Å²) in [6, 6.07) is 0.204. The van der Waals surface area contributed by atoms with E-state index in [0.29, 0.717) is 12.0 Å². The molecule has 17 heavy (non-hydrogen) atoms. The molecule has 0 aromatic heterocycles. The summed E-state index contributed by atoms with van der Waals surface area (Å²) in [4.78, 5) is 11.8. The molecule has 4 atom stereocenters. The molecule has 2 amide bonds. The molecular weight excluding hydrogens is 216 g/mol. The zero-order chi connectivity index (χ0) is 12.8. The highest BCUT2D eigenvalue weighted by Crippen LogP contribution is 2.23. The van der Waals surface area contributed by atoms with Crippen molar-refractivity contribution in [2.75, 3.05) is 6.61 Å². The Hall–Kier alpha value is -0.770. The quantitative estimate of drug-likeness (QED) is 0.705. The van der Waals surface area contributed by atoms with Gasteiger partial charge in [-0.2, -0.15) is 0 Å². The van der Waals surface area contributed by atoms with E-state index in [1.54, 1.807) is 0 Å². The predicted octanol–water partition coefficient (Wildman–Crippen LogP) is 1.88. The molecule has 0 aromatic carbocycles. The van der Waals surface area contributed by atoms with Crippen LogP contribution in [0.25, 0.3) is 0 Å². The van der Waals surface area contributed by atoms with Crippen molar-refractivity contribution in [3.63, 3.8) is 0 Å². The lowest BCUT2D eigenvalue weighted by molar-refractivity contribution is 0.193. The molecule has 1 saturated carbocycles. The molecule has 0 heterocycles. The fraction of sp³-hybridized carbons (Fsp3) is 0.923. The van der Waals surface area contributed by atoms with Crippen LogP contribution in [0.15, 0.2) is 0 Å². The Morgan fingerprint density at radius 2 is 2.00 bits per heavy atom. The second-order valence-electron chi connectivity index (χ2n) is 5.43. The van der Waals surface area contributed by atoms with Crippen molar-refractivity contribution in [3.8, 4) is 0 Å². The number of amides is 2. The van der Waals surface area contributed by atoms with Gasteiger partial charge in [-0.3, -0.25) is 0 Å². The normalized spacial score (nSPS) is 28.2. The summed E-state index contributed by atoms with van der Waals surface area (Å²) in [5.41, 5.74) is 0. The van der Waals surface area contributed by atoms with Crippen LogP contribution in [0.3, 0.4) is 0 Å². The summed E-state index contributed by atoms with van der Waals surface area (Å²) < 4.78 is 0. The first kappa shape index (κ1) is 14.3. The summed E-state index contributed by atoms with van der Waals surface area (Å²) >= 11 is 0. The van der Waals surface area contributed by atoms with Gasteiger partial charge in [-0.05, 0) is 31.6 Å². The second-order valence-corrected chi connectivity index (χ2v) is 5.43. The predicted molar refractivity (Wildman–Crippen MR) is 68.8 cm³/mol. The summed E-state index contributed by atoms with van der Waals surface area (Å²) in [5, 5.41) is 14.9. The van der Waals surface area contributed by atoms with Gasteiger partial charge in [0.25, 0.3) is 0 Å². The fourth-order valence-corrected chi connectivity index (χ4v) is 2.25. The van der Waals surface area contributed by atoms with Crippen LogP contribution >= 0.6 is 0 Å². The van der Waals surface area contributed by atoms with E-state index in [-0.39, 0.29) is 24.6 Å². The van der Waals surface area contributed by atoms with Gasteiger partial charge in [0.05, 0.1) is 0 Å². The van der Waals surface area contributed by atoms with Gasteiger partial charge in [-0.15, -0.1) is 0 Å². The third-order valence-corrected chi connectivity index (χ3v) is 3.93. The van der Waals surface area contributed by atoms with Gasteiger partial charge < -0.3 is 15.7 Å². The van der Waals surface area contributed by atoms with Crippen molar-refractivity contribution < 1.29 is 9.90 Å². The molecule has 1 fully saturated rings. The summed E-state index contributed by atoms with van der Waals surface area (Å²) in [7, 11) is 0. The highest BCUT2D eigenvalue weighted by atomic mass is 16.3. The van der Waals surface area contributed by atoms with Crippen molar-refractivity contribution in [1.29, 1.82) is 0 Å². The Kier molecular flexibility index (Phi) is 5.75. The lowest BCUT2D eigenvalue weighted by Crippen LogP contribution is -2.50. The number of carbonyl (C=O) groups is 1. The monoisotopic (exact) mass is 242 g/mol. The van der Waals surface area contributed by atoms with Crippen LogP contribution in [0.2, 0.25) is 0 Å². The van der Waals surface area contributed by atoms with Crippen LogP contribution in [0.4, 0.5) is 4.79 Å². The minimum atomic E-state index is -0.100. The van der Waals surface area contributed by atoms with E-state index in [1.807, 2.05) is 13.8 Å². The molecule has 0 saturated heterocycles. The number of aliphatic hydroxyl groups is 1. The van der Waals surface area contributed by atoms with E-state index in [0.717, 1.165) is 6.42 Å². The minimum absolute atomic E-state index is 0.00102. The molecule has 0 aliphatic heterocycles. The van der Waals surface area contributed by atoms with E-state index in [4.69, 9.17) is 5.11 Å². The van der Waals surface area contributed by atoms with Gasteiger partial charge in [0.15, 0.2) is 0 Å². The van der Waals surface area contributed by atoms with E-state index in [9.17, 15) is 4.79 Å². The number of hydrogen-bond donors (Lipinski definition) is 3. The maximum absolute atomic E-state index is 11.8. The molecule has 100 valence electrons. The molecule has 0 bridgehead atoms. The van der Waals surface area contributed by atoms with Crippen LogP contribution in [-0.4, -0.2) is 29.8 Å². The number of rotatable bonds is 4. The Morgan fingerprint density at radius 3 is 2.59 bits per heavy atom. The Balaban J connectivity index is 2.33. The van der Waals surface area contributed by atoms with Crippen molar-refractivity contribution in [2.45, 2.75) is 58.5 Å². The number of carbonyl (C=O) groups excluding carboxylic acids is 1. The fourth-order valence-electron chi connectivity index (χ4n) is 2.25. The molecular formula is C13H26N2O2. The molecule has 3 N–H and O–H groups in total.